The number of aromatic nitrogens is 4. The molecule has 0 radical (unpaired) electrons. The largest absolute Gasteiger partial charge is 0.416 e. The Morgan fingerprint density at radius 3 is 2.55 bits per heavy atom. The summed E-state index contributed by atoms with van der Waals surface area (Å²) in [6.07, 6.45) is 0.430. The van der Waals surface area contributed by atoms with Gasteiger partial charge in [-0.05, 0) is 24.3 Å². The molecule has 4 rings (SSSR count). The number of hydrogen-bond acceptors (Lipinski definition) is 6. The number of pyridine rings is 1. The molecule has 3 heterocycles. The zero-order chi connectivity index (χ0) is 22.0. The zero-order valence-corrected chi connectivity index (χ0v) is 16.7. The van der Waals surface area contributed by atoms with Crippen LogP contribution in [0.4, 0.5) is 30.6 Å². The quantitative estimate of drug-likeness (QED) is 0.375. The van der Waals surface area contributed by atoms with Crippen LogP contribution in [-0.4, -0.2) is 32.4 Å². The van der Waals surface area contributed by atoms with Crippen LogP contribution in [0.25, 0.3) is 16.9 Å². The van der Waals surface area contributed by atoms with Crippen molar-refractivity contribution in [2.75, 3.05) is 29.5 Å². The summed E-state index contributed by atoms with van der Waals surface area (Å²) in [5, 5.41) is 6.30. The molecule has 1 aromatic carbocycles. The van der Waals surface area contributed by atoms with Gasteiger partial charge in [0.1, 0.15) is 11.5 Å². The fraction of sp³-hybridized carbons (Fsp3) is 0.150. The lowest BCUT2D eigenvalue weighted by atomic mass is 10.1. The topological polar surface area (TPSA) is 93.2 Å². The van der Waals surface area contributed by atoms with Crippen molar-refractivity contribution >= 4 is 34.7 Å². The van der Waals surface area contributed by atoms with Crippen LogP contribution in [0.1, 0.15) is 5.56 Å². The number of hydrogen-bond donors (Lipinski definition) is 3. The standard InChI is InChI=1S/C20H17ClF3N7/c21-15-9-12(20(22,23)24)1-3-14(15)16-10-18-27-7-8-31(18)19(30-16)28-6-5-26-17-4-2-13(25)11-29-17/h1-4,7-11H,5-6,25H2,(H,26,29)(H,28,30). The summed E-state index contributed by atoms with van der Waals surface area (Å²) in [7, 11) is 0. The molecule has 0 spiro atoms. The van der Waals surface area contributed by atoms with Gasteiger partial charge in [-0.1, -0.05) is 17.7 Å². The Hall–Kier alpha value is -3.53. The minimum atomic E-state index is -4.47. The van der Waals surface area contributed by atoms with Gasteiger partial charge in [0.15, 0.2) is 0 Å². The van der Waals surface area contributed by atoms with Crippen LogP contribution >= 0.6 is 11.6 Å². The molecule has 31 heavy (non-hydrogen) atoms. The monoisotopic (exact) mass is 447 g/mol. The van der Waals surface area contributed by atoms with Gasteiger partial charge in [-0.2, -0.15) is 13.2 Å². The van der Waals surface area contributed by atoms with Crippen molar-refractivity contribution < 1.29 is 13.2 Å². The molecule has 0 aliphatic carbocycles. The molecule has 3 aromatic heterocycles. The first-order chi connectivity index (χ1) is 14.8. The maximum atomic E-state index is 12.9. The fourth-order valence-electron chi connectivity index (χ4n) is 2.96. The van der Waals surface area contributed by atoms with Crippen molar-refractivity contribution in [3.63, 3.8) is 0 Å². The van der Waals surface area contributed by atoms with Gasteiger partial charge >= 0.3 is 6.18 Å². The number of benzene rings is 1. The Morgan fingerprint density at radius 2 is 1.84 bits per heavy atom. The highest BCUT2D eigenvalue weighted by Crippen LogP contribution is 2.35. The van der Waals surface area contributed by atoms with Crippen molar-refractivity contribution in [2.24, 2.45) is 0 Å². The first-order valence-electron chi connectivity index (χ1n) is 9.22. The zero-order valence-electron chi connectivity index (χ0n) is 16.0. The number of alkyl halides is 3. The highest BCUT2D eigenvalue weighted by molar-refractivity contribution is 6.33. The Balaban J connectivity index is 1.54. The van der Waals surface area contributed by atoms with Gasteiger partial charge in [0, 0.05) is 37.1 Å². The van der Waals surface area contributed by atoms with E-state index in [0.29, 0.717) is 47.4 Å². The SMILES string of the molecule is Nc1ccc(NCCNc2nc(-c3ccc(C(F)(F)F)cc3Cl)cc3nccn23)nc1. The number of nitrogens with one attached hydrogen (secondary N) is 2. The van der Waals surface area contributed by atoms with E-state index in [1.54, 1.807) is 41.2 Å². The number of imidazole rings is 1. The van der Waals surface area contributed by atoms with E-state index in [1.807, 2.05) is 0 Å². The third-order valence-electron chi connectivity index (χ3n) is 4.46. The van der Waals surface area contributed by atoms with Gasteiger partial charge in [0.2, 0.25) is 5.95 Å². The second-order valence-electron chi connectivity index (χ2n) is 6.64. The molecule has 11 heteroatoms. The van der Waals surface area contributed by atoms with E-state index in [-0.39, 0.29) is 5.02 Å². The van der Waals surface area contributed by atoms with Crippen LogP contribution in [0, 0.1) is 0 Å². The number of rotatable bonds is 6. The van der Waals surface area contributed by atoms with Crippen molar-refractivity contribution in [3.05, 3.63) is 65.6 Å². The van der Waals surface area contributed by atoms with Gasteiger partial charge in [-0.25, -0.2) is 15.0 Å². The number of halogens is 4. The van der Waals surface area contributed by atoms with E-state index in [0.717, 1.165) is 12.1 Å². The van der Waals surface area contributed by atoms with E-state index in [4.69, 9.17) is 17.3 Å². The molecule has 0 bridgehead atoms. The minimum absolute atomic E-state index is 0.0414. The Bertz CT molecular complexity index is 1210. The molecule has 0 atom stereocenters. The van der Waals surface area contributed by atoms with E-state index in [9.17, 15) is 13.2 Å². The molecule has 0 saturated carbocycles. The van der Waals surface area contributed by atoms with Crippen molar-refractivity contribution in [2.45, 2.75) is 6.18 Å². The number of fused-ring (bicyclic) bond motifs is 1. The summed E-state index contributed by atoms with van der Waals surface area (Å²) in [4.78, 5) is 13.0. The summed E-state index contributed by atoms with van der Waals surface area (Å²) >= 11 is 6.14. The minimum Gasteiger partial charge on any atom is -0.397 e. The molecular formula is C20H17ClF3N7. The molecule has 0 aliphatic rings. The van der Waals surface area contributed by atoms with E-state index >= 15 is 0 Å². The Labute approximate surface area is 180 Å². The van der Waals surface area contributed by atoms with Crippen molar-refractivity contribution in [1.29, 1.82) is 0 Å². The molecular weight excluding hydrogens is 431 g/mol. The second-order valence-corrected chi connectivity index (χ2v) is 7.05. The lowest BCUT2D eigenvalue weighted by Crippen LogP contribution is -2.17. The van der Waals surface area contributed by atoms with E-state index in [2.05, 4.69) is 25.6 Å². The van der Waals surface area contributed by atoms with Gasteiger partial charge in [-0.3, -0.25) is 4.40 Å². The summed E-state index contributed by atoms with van der Waals surface area (Å²) in [6, 6.07) is 8.37. The lowest BCUT2D eigenvalue weighted by Gasteiger charge is -2.13. The van der Waals surface area contributed by atoms with Crippen molar-refractivity contribution in [3.8, 4) is 11.3 Å². The number of nitrogens with two attached hydrogens (primary N) is 1. The summed E-state index contributed by atoms with van der Waals surface area (Å²) in [5.74, 6) is 1.16. The molecule has 0 unspecified atom stereocenters. The molecule has 7 nitrogen and oxygen atoms in total. The van der Waals surface area contributed by atoms with Crippen molar-refractivity contribution in [1.82, 2.24) is 19.4 Å². The average molecular weight is 448 g/mol. The summed E-state index contributed by atoms with van der Waals surface area (Å²) in [6.45, 7) is 1.04. The summed E-state index contributed by atoms with van der Waals surface area (Å²) < 4.78 is 40.5. The van der Waals surface area contributed by atoms with Gasteiger partial charge in [0.25, 0.3) is 0 Å². The normalized spacial score (nSPS) is 11.6. The fourth-order valence-corrected chi connectivity index (χ4v) is 3.24. The van der Waals surface area contributed by atoms with Crippen LogP contribution in [0.15, 0.2) is 55.0 Å². The van der Waals surface area contributed by atoms with E-state index in [1.165, 1.54) is 6.07 Å². The number of anilines is 3. The molecule has 4 aromatic rings. The molecule has 0 aliphatic heterocycles. The van der Waals surface area contributed by atoms with Gasteiger partial charge in [-0.15, -0.1) is 0 Å². The predicted octanol–water partition coefficient (Wildman–Crippen LogP) is 4.57. The smallest absolute Gasteiger partial charge is 0.397 e. The van der Waals surface area contributed by atoms with Gasteiger partial charge in [0.05, 0.1) is 28.2 Å². The van der Waals surface area contributed by atoms with Crippen LogP contribution in [0.5, 0.6) is 0 Å². The molecule has 4 N–H and O–H groups in total. The third kappa shape index (κ3) is 4.64. The Morgan fingerprint density at radius 1 is 1.03 bits per heavy atom. The molecule has 0 fully saturated rings. The van der Waals surface area contributed by atoms with Crippen LogP contribution in [-0.2, 0) is 6.18 Å². The molecule has 0 saturated heterocycles. The second kappa shape index (κ2) is 8.31. The molecule has 0 amide bonds. The highest BCUT2D eigenvalue weighted by atomic mass is 35.5. The third-order valence-corrected chi connectivity index (χ3v) is 4.78. The van der Waals surface area contributed by atoms with E-state index < -0.39 is 11.7 Å². The average Bonchev–Trinajstić information content (AvgIpc) is 3.20. The first kappa shape index (κ1) is 20.7. The number of nitrogen functional groups attached to an aromatic ring is 1. The highest BCUT2D eigenvalue weighted by Gasteiger charge is 2.31. The Kier molecular flexibility index (Phi) is 5.55. The maximum Gasteiger partial charge on any atom is 0.416 e. The predicted molar refractivity (Wildman–Crippen MR) is 114 cm³/mol. The lowest BCUT2D eigenvalue weighted by molar-refractivity contribution is -0.137. The van der Waals surface area contributed by atoms with Crippen LogP contribution in [0.2, 0.25) is 5.02 Å². The number of nitrogens with zero attached hydrogens (tertiary/aromatic N) is 4. The summed E-state index contributed by atoms with van der Waals surface area (Å²) in [5.41, 5.74) is 6.75. The van der Waals surface area contributed by atoms with Crippen LogP contribution in [0.3, 0.4) is 0 Å². The van der Waals surface area contributed by atoms with Gasteiger partial charge < -0.3 is 16.4 Å². The first-order valence-corrected chi connectivity index (χ1v) is 9.59. The van der Waals surface area contributed by atoms with Crippen LogP contribution < -0.4 is 16.4 Å². The maximum absolute atomic E-state index is 12.9. The molecule has 160 valence electrons.